The van der Waals surface area contributed by atoms with E-state index in [1.165, 1.54) is 0 Å². The smallest absolute Gasteiger partial charge is 0.322 e. The van der Waals surface area contributed by atoms with Crippen LogP contribution in [-0.4, -0.2) is 41.1 Å². The maximum absolute atomic E-state index is 11.0. The Bertz CT molecular complexity index is 183. The van der Waals surface area contributed by atoms with Crippen molar-refractivity contribution in [3.63, 3.8) is 0 Å². The zero-order valence-electron chi connectivity index (χ0n) is 10.1. The van der Waals surface area contributed by atoms with Gasteiger partial charge in [0, 0.05) is 12.6 Å². The Kier molecular flexibility index (Phi) is 7.34. The Morgan fingerprint density at radius 1 is 1.40 bits per heavy atom. The standard InChI is InChI=1S/C11H24N2O2/c1-4-5-6-7-13(9(2)3)10(8-12)11(14)15/h9-10H,4-8,12H2,1-3H3,(H,14,15). The number of carboxylic acid groups (broad SMARTS) is 1. The number of rotatable bonds is 8. The third-order valence-corrected chi connectivity index (χ3v) is 2.59. The van der Waals surface area contributed by atoms with Crippen molar-refractivity contribution in [2.75, 3.05) is 13.1 Å². The Hall–Kier alpha value is -0.610. The molecule has 0 spiro atoms. The lowest BCUT2D eigenvalue weighted by Gasteiger charge is -2.31. The fraction of sp³-hybridized carbons (Fsp3) is 0.909. The molecule has 0 bridgehead atoms. The molecule has 3 N–H and O–H groups in total. The maximum Gasteiger partial charge on any atom is 0.322 e. The summed E-state index contributed by atoms with van der Waals surface area (Å²) in [6.07, 6.45) is 3.32. The van der Waals surface area contributed by atoms with Crippen LogP contribution in [0.4, 0.5) is 0 Å². The highest BCUT2D eigenvalue weighted by Crippen LogP contribution is 2.08. The molecule has 0 heterocycles. The van der Waals surface area contributed by atoms with Crippen molar-refractivity contribution in [1.29, 1.82) is 0 Å². The molecule has 0 aromatic heterocycles. The van der Waals surface area contributed by atoms with E-state index in [0.29, 0.717) is 0 Å². The highest BCUT2D eigenvalue weighted by atomic mass is 16.4. The second-order valence-corrected chi connectivity index (χ2v) is 4.13. The van der Waals surface area contributed by atoms with E-state index < -0.39 is 12.0 Å². The van der Waals surface area contributed by atoms with Gasteiger partial charge in [-0.25, -0.2) is 0 Å². The van der Waals surface area contributed by atoms with Crippen molar-refractivity contribution in [2.45, 2.75) is 52.1 Å². The van der Waals surface area contributed by atoms with Gasteiger partial charge >= 0.3 is 5.97 Å². The predicted octanol–water partition coefficient (Wildman–Crippen LogP) is 1.30. The van der Waals surface area contributed by atoms with Crippen LogP contribution in [0.5, 0.6) is 0 Å². The topological polar surface area (TPSA) is 66.6 Å². The van der Waals surface area contributed by atoms with Crippen molar-refractivity contribution in [1.82, 2.24) is 4.90 Å². The van der Waals surface area contributed by atoms with Gasteiger partial charge < -0.3 is 10.8 Å². The average molecular weight is 216 g/mol. The van der Waals surface area contributed by atoms with Gasteiger partial charge in [-0.1, -0.05) is 19.8 Å². The minimum Gasteiger partial charge on any atom is -0.480 e. The van der Waals surface area contributed by atoms with Gasteiger partial charge in [0.05, 0.1) is 0 Å². The molecule has 0 aliphatic rings. The SMILES string of the molecule is CCCCCN(C(C)C)C(CN)C(=O)O. The number of carboxylic acids is 1. The second kappa shape index (κ2) is 7.65. The van der Waals surface area contributed by atoms with Crippen molar-refractivity contribution in [2.24, 2.45) is 5.73 Å². The quantitative estimate of drug-likeness (QED) is 0.600. The summed E-state index contributed by atoms with van der Waals surface area (Å²) in [5, 5.41) is 9.03. The molecule has 0 aliphatic heterocycles. The first-order chi connectivity index (χ1) is 7.04. The Labute approximate surface area is 92.4 Å². The van der Waals surface area contributed by atoms with Gasteiger partial charge in [0.2, 0.25) is 0 Å². The molecule has 0 fully saturated rings. The maximum atomic E-state index is 11.0. The van der Waals surface area contributed by atoms with E-state index in [1.54, 1.807) is 0 Å². The molecule has 0 radical (unpaired) electrons. The third kappa shape index (κ3) is 5.14. The number of aliphatic carboxylic acids is 1. The van der Waals surface area contributed by atoms with Crippen LogP contribution >= 0.6 is 0 Å². The van der Waals surface area contributed by atoms with E-state index >= 15 is 0 Å². The molecule has 0 amide bonds. The first-order valence-corrected chi connectivity index (χ1v) is 5.73. The van der Waals surface area contributed by atoms with Crippen LogP contribution < -0.4 is 5.73 Å². The highest BCUT2D eigenvalue weighted by Gasteiger charge is 2.25. The van der Waals surface area contributed by atoms with Crippen LogP contribution in [0.1, 0.15) is 40.0 Å². The summed E-state index contributed by atoms with van der Waals surface area (Å²) in [7, 11) is 0. The molecule has 15 heavy (non-hydrogen) atoms. The first kappa shape index (κ1) is 14.4. The van der Waals surface area contributed by atoms with Crippen molar-refractivity contribution >= 4 is 5.97 Å². The number of hydrogen-bond acceptors (Lipinski definition) is 3. The second-order valence-electron chi connectivity index (χ2n) is 4.13. The largest absolute Gasteiger partial charge is 0.480 e. The van der Waals surface area contributed by atoms with Gasteiger partial charge in [0.1, 0.15) is 6.04 Å². The van der Waals surface area contributed by atoms with Gasteiger partial charge in [-0.2, -0.15) is 0 Å². The Morgan fingerprint density at radius 3 is 2.33 bits per heavy atom. The lowest BCUT2D eigenvalue weighted by molar-refractivity contribution is -0.143. The molecule has 1 unspecified atom stereocenters. The summed E-state index contributed by atoms with van der Waals surface area (Å²) in [5.41, 5.74) is 5.49. The van der Waals surface area contributed by atoms with E-state index in [4.69, 9.17) is 10.8 Å². The summed E-state index contributed by atoms with van der Waals surface area (Å²) in [6, 6.07) is -0.312. The Morgan fingerprint density at radius 2 is 2.00 bits per heavy atom. The molecular weight excluding hydrogens is 192 g/mol. The number of unbranched alkanes of at least 4 members (excludes halogenated alkanes) is 2. The number of nitrogens with zero attached hydrogens (tertiary/aromatic N) is 1. The third-order valence-electron chi connectivity index (χ3n) is 2.59. The molecule has 0 rings (SSSR count). The Balaban J connectivity index is 4.28. The summed E-state index contributed by atoms with van der Waals surface area (Å²) in [4.78, 5) is 13.0. The molecular formula is C11H24N2O2. The van der Waals surface area contributed by atoms with E-state index in [0.717, 1.165) is 25.8 Å². The van der Waals surface area contributed by atoms with E-state index in [9.17, 15) is 4.79 Å². The van der Waals surface area contributed by atoms with Crippen molar-refractivity contribution < 1.29 is 9.90 Å². The van der Waals surface area contributed by atoms with Crippen LogP contribution in [0.25, 0.3) is 0 Å². The van der Waals surface area contributed by atoms with Gasteiger partial charge in [0.15, 0.2) is 0 Å². The summed E-state index contributed by atoms with van der Waals surface area (Å²) >= 11 is 0. The lowest BCUT2D eigenvalue weighted by atomic mass is 10.1. The summed E-state index contributed by atoms with van der Waals surface area (Å²) in [6.45, 7) is 7.16. The number of nitrogens with two attached hydrogens (primary N) is 1. The average Bonchev–Trinajstić information content (AvgIpc) is 2.16. The summed E-state index contributed by atoms with van der Waals surface area (Å²) in [5.74, 6) is -0.817. The summed E-state index contributed by atoms with van der Waals surface area (Å²) < 4.78 is 0. The van der Waals surface area contributed by atoms with Crippen LogP contribution in [-0.2, 0) is 4.79 Å². The van der Waals surface area contributed by atoms with Gasteiger partial charge in [0.25, 0.3) is 0 Å². The van der Waals surface area contributed by atoms with E-state index in [1.807, 2.05) is 18.7 Å². The lowest BCUT2D eigenvalue weighted by Crippen LogP contribution is -2.49. The highest BCUT2D eigenvalue weighted by molar-refractivity contribution is 5.73. The van der Waals surface area contributed by atoms with Crippen LogP contribution in [0.15, 0.2) is 0 Å². The zero-order valence-corrected chi connectivity index (χ0v) is 10.1. The fourth-order valence-corrected chi connectivity index (χ4v) is 1.70. The minimum absolute atomic E-state index is 0.180. The van der Waals surface area contributed by atoms with Crippen molar-refractivity contribution in [3.8, 4) is 0 Å². The van der Waals surface area contributed by atoms with Gasteiger partial charge in [-0.05, 0) is 26.8 Å². The molecule has 90 valence electrons. The minimum atomic E-state index is -0.817. The van der Waals surface area contributed by atoms with Crippen molar-refractivity contribution in [3.05, 3.63) is 0 Å². The first-order valence-electron chi connectivity index (χ1n) is 5.73. The number of hydrogen-bond donors (Lipinski definition) is 2. The molecule has 0 aromatic carbocycles. The molecule has 4 nitrogen and oxygen atoms in total. The van der Waals surface area contributed by atoms with E-state index in [-0.39, 0.29) is 12.6 Å². The molecule has 1 atom stereocenters. The normalized spacial score (nSPS) is 13.5. The van der Waals surface area contributed by atoms with Crippen LogP contribution in [0.2, 0.25) is 0 Å². The molecule has 0 aromatic rings. The zero-order chi connectivity index (χ0) is 11.8. The van der Waals surface area contributed by atoms with Crippen LogP contribution in [0.3, 0.4) is 0 Å². The van der Waals surface area contributed by atoms with Crippen LogP contribution in [0, 0.1) is 0 Å². The number of carbonyl (C=O) groups is 1. The van der Waals surface area contributed by atoms with E-state index in [2.05, 4.69) is 6.92 Å². The molecule has 0 saturated heterocycles. The molecule has 4 heteroatoms. The molecule has 0 aliphatic carbocycles. The monoisotopic (exact) mass is 216 g/mol. The predicted molar refractivity (Wildman–Crippen MR) is 61.8 cm³/mol. The molecule has 0 saturated carbocycles. The van der Waals surface area contributed by atoms with Gasteiger partial charge in [-0.3, -0.25) is 9.69 Å². The van der Waals surface area contributed by atoms with Gasteiger partial charge in [-0.15, -0.1) is 0 Å². The fourth-order valence-electron chi connectivity index (χ4n) is 1.70.